The van der Waals surface area contributed by atoms with Crippen LogP contribution in [0.2, 0.25) is 0 Å². The summed E-state index contributed by atoms with van der Waals surface area (Å²) in [4.78, 5) is 11.5. The molecule has 0 saturated carbocycles. The maximum atomic E-state index is 11.5. The number of benzene rings is 4. The number of amides is 1. The van der Waals surface area contributed by atoms with Crippen LogP contribution in [0.25, 0.3) is 32.3 Å². The summed E-state index contributed by atoms with van der Waals surface area (Å²) >= 11 is 0. The average molecular weight is 334 g/mol. The first-order valence-corrected chi connectivity index (χ1v) is 7.36. The van der Waals surface area contributed by atoms with Gasteiger partial charge < -0.3 is 5.73 Å². The second-order valence-electron chi connectivity index (χ2n) is 5.77. The Balaban J connectivity index is 0.00000146. The van der Waals surface area contributed by atoms with Gasteiger partial charge in [-0.15, -0.1) is 22.6 Å². The van der Waals surface area contributed by atoms with Crippen LogP contribution in [0, 0.1) is 0 Å². The Labute approximate surface area is 143 Å². The summed E-state index contributed by atoms with van der Waals surface area (Å²) in [5.41, 5.74) is 7.61. The van der Waals surface area contributed by atoms with E-state index in [1.165, 1.54) is 0 Å². The second-order valence-corrected chi connectivity index (χ2v) is 5.77. The van der Waals surface area contributed by atoms with Gasteiger partial charge in [-0.05, 0) is 40.4 Å². The van der Waals surface area contributed by atoms with Gasteiger partial charge in [0.15, 0.2) is 0 Å². The molecule has 4 aromatic rings. The third kappa shape index (κ3) is 1.83. The SMILES string of the molecule is Cl.NC(=O)c1ccc2cc3cc4ccccc4c4c3c(c2c1)N=N4. The summed E-state index contributed by atoms with van der Waals surface area (Å²) in [6, 6.07) is 17.9. The van der Waals surface area contributed by atoms with Crippen LogP contribution < -0.4 is 5.73 Å². The zero-order valence-corrected chi connectivity index (χ0v) is 13.3. The van der Waals surface area contributed by atoms with Crippen molar-refractivity contribution in [3.05, 3.63) is 60.2 Å². The fourth-order valence-corrected chi connectivity index (χ4v) is 3.36. The number of hydrogen-bond donors (Lipinski definition) is 1. The smallest absolute Gasteiger partial charge is 0.248 e. The van der Waals surface area contributed by atoms with Crippen molar-refractivity contribution in [2.75, 3.05) is 0 Å². The zero-order chi connectivity index (χ0) is 15.6. The number of hydrogen-bond acceptors (Lipinski definition) is 3. The van der Waals surface area contributed by atoms with Gasteiger partial charge in [0.1, 0.15) is 11.4 Å². The predicted octanol–water partition coefficient (Wildman–Crippen LogP) is 5.40. The van der Waals surface area contributed by atoms with Gasteiger partial charge in [0.05, 0.1) is 0 Å². The largest absolute Gasteiger partial charge is 0.366 e. The van der Waals surface area contributed by atoms with Crippen molar-refractivity contribution in [3.8, 4) is 0 Å². The molecule has 4 nitrogen and oxygen atoms in total. The fraction of sp³-hybridized carbons (Fsp3) is 0. The summed E-state index contributed by atoms with van der Waals surface area (Å²) in [7, 11) is 0. The number of rotatable bonds is 1. The predicted molar refractivity (Wildman–Crippen MR) is 98.9 cm³/mol. The highest BCUT2D eigenvalue weighted by molar-refractivity contribution is 6.21. The summed E-state index contributed by atoms with van der Waals surface area (Å²) in [6.45, 7) is 0. The van der Waals surface area contributed by atoms with E-state index in [1.54, 1.807) is 12.1 Å². The minimum Gasteiger partial charge on any atom is -0.366 e. The van der Waals surface area contributed by atoms with E-state index in [-0.39, 0.29) is 12.4 Å². The Morgan fingerprint density at radius 2 is 1.46 bits per heavy atom. The Morgan fingerprint density at radius 1 is 0.792 bits per heavy atom. The number of halogens is 1. The summed E-state index contributed by atoms with van der Waals surface area (Å²) in [5, 5.41) is 15.1. The first kappa shape index (κ1) is 14.6. The number of azo groups is 1. The van der Waals surface area contributed by atoms with E-state index >= 15 is 0 Å². The minimum atomic E-state index is -0.437. The molecular weight excluding hydrogens is 322 g/mol. The Hall–Kier alpha value is -2.98. The monoisotopic (exact) mass is 333 g/mol. The van der Waals surface area contributed by atoms with Crippen molar-refractivity contribution in [1.82, 2.24) is 0 Å². The van der Waals surface area contributed by atoms with Gasteiger partial charge in [-0.1, -0.05) is 30.3 Å². The third-order valence-electron chi connectivity index (χ3n) is 4.44. The van der Waals surface area contributed by atoms with Gasteiger partial charge in [0, 0.05) is 21.7 Å². The summed E-state index contributed by atoms with van der Waals surface area (Å²) in [5.74, 6) is -0.437. The Bertz CT molecular complexity index is 1200. The van der Waals surface area contributed by atoms with Crippen molar-refractivity contribution >= 4 is 62.0 Å². The quantitative estimate of drug-likeness (QED) is 0.410. The molecule has 1 aliphatic rings. The normalized spacial score (nSPS) is 12.0. The molecule has 0 spiro atoms. The lowest BCUT2D eigenvalue weighted by Gasteiger charge is -2.08. The van der Waals surface area contributed by atoms with E-state index < -0.39 is 5.91 Å². The molecule has 0 radical (unpaired) electrons. The van der Waals surface area contributed by atoms with Gasteiger partial charge >= 0.3 is 0 Å². The molecule has 0 bridgehead atoms. The van der Waals surface area contributed by atoms with Crippen LogP contribution in [-0.4, -0.2) is 5.91 Å². The third-order valence-corrected chi connectivity index (χ3v) is 4.44. The molecule has 116 valence electrons. The summed E-state index contributed by atoms with van der Waals surface area (Å²) < 4.78 is 0. The van der Waals surface area contributed by atoms with E-state index in [0.717, 1.165) is 43.7 Å². The molecule has 0 saturated heterocycles. The van der Waals surface area contributed by atoms with Crippen molar-refractivity contribution in [2.24, 2.45) is 16.0 Å². The van der Waals surface area contributed by atoms with Gasteiger partial charge in [-0.3, -0.25) is 4.79 Å². The standard InChI is InChI=1S/C19H11N3O.ClH/c20-19(23)12-6-5-11-8-13-7-10-3-1-2-4-14(10)17-16(13)18(22-21-17)15(11)9-12;/h1-9H,(H2,20,23);1H. The van der Waals surface area contributed by atoms with E-state index in [2.05, 4.69) is 34.5 Å². The molecule has 1 heterocycles. The lowest BCUT2D eigenvalue weighted by molar-refractivity contribution is 0.100. The van der Waals surface area contributed by atoms with E-state index in [9.17, 15) is 4.79 Å². The second kappa shape index (κ2) is 5.01. The molecule has 0 atom stereocenters. The minimum absolute atomic E-state index is 0. The molecule has 0 aliphatic carbocycles. The molecule has 0 fully saturated rings. The highest BCUT2D eigenvalue weighted by atomic mass is 35.5. The van der Waals surface area contributed by atoms with E-state index in [1.807, 2.05) is 18.2 Å². The highest BCUT2D eigenvalue weighted by Crippen LogP contribution is 2.48. The number of nitrogens with two attached hydrogens (primary N) is 1. The number of fused-ring (bicyclic) bond motifs is 4. The topological polar surface area (TPSA) is 67.8 Å². The van der Waals surface area contributed by atoms with Gasteiger partial charge in [-0.2, -0.15) is 0 Å². The van der Waals surface area contributed by atoms with E-state index in [4.69, 9.17) is 5.73 Å². The molecule has 0 aromatic heterocycles. The molecule has 2 N–H and O–H groups in total. The number of carbonyl (C=O) groups is 1. The molecular formula is C19H12ClN3O. The van der Waals surface area contributed by atoms with Crippen LogP contribution in [0.5, 0.6) is 0 Å². The van der Waals surface area contributed by atoms with Crippen LogP contribution in [0.4, 0.5) is 11.4 Å². The number of carbonyl (C=O) groups excluding carboxylic acids is 1. The molecule has 1 aliphatic heterocycles. The van der Waals surface area contributed by atoms with E-state index in [0.29, 0.717) is 5.56 Å². The molecule has 5 rings (SSSR count). The first-order chi connectivity index (χ1) is 11.2. The zero-order valence-electron chi connectivity index (χ0n) is 12.5. The lowest BCUT2D eigenvalue weighted by Crippen LogP contribution is -2.10. The van der Waals surface area contributed by atoms with Crippen LogP contribution in [0.3, 0.4) is 0 Å². The maximum absolute atomic E-state index is 11.5. The number of primary amides is 1. The van der Waals surface area contributed by atoms with Crippen molar-refractivity contribution in [2.45, 2.75) is 0 Å². The van der Waals surface area contributed by atoms with Crippen LogP contribution in [0.15, 0.2) is 64.8 Å². The molecule has 5 heteroatoms. The van der Waals surface area contributed by atoms with Crippen molar-refractivity contribution in [1.29, 1.82) is 0 Å². The van der Waals surface area contributed by atoms with Gasteiger partial charge in [0.2, 0.25) is 5.91 Å². The Kier molecular flexibility index (Phi) is 3.05. The molecule has 4 aromatic carbocycles. The van der Waals surface area contributed by atoms with Crippen LogP contribution >= 0.6 is 12.4 Å². The molecule has 0 unspecified atom stereocenters. The van der Waals surface area contributed by atoms with Crippen LogP contribution in [-0.2, 0) is 0 Å². The van der Waals surface area contributed by atoms with Crippen molar-refractivity contribution in [3.63, 3.8) is 0 Å². The first-order valence-electron chi connectivity index (χ1n) is 7.36. The van der Waals surface area contributed by atoms with Gasteiger partial charge in [0.25, 0.3) is 0 Å². The van der Waals surface area contributed by atoms with Crippen molar-refractivity contribution < 1.29 is 4.79 Å². The maximum Gasteiger partial charge on any atom is 0.248 e. The molecule has 24 heavy (non-hydrogen) atoms. The van der Waals surface area contributed by atoms with Gasteiger partial charge in [-0.25, -0.2) is 0 Å². The Morgan fingerprint density at radius 3 is 2.21 bits per heavy atom. The number of nitrogens with zero attached hydrogens (tertiary/aromatic N) is 2. The summed E-state index contributed by atoms with van der Waals surface area (Å²) in [6.07, 6.45) is 0. The average Bonchev–Trinajstić information content (AvgIpc) is 3.01. The van der Waals surface area contributed by atoms with Crippen LogP contribution in [0.1, 0.15) is 10.4 Å². The molecule has 1 amide bonds. The highest BCUT2D eigenvalue weighted by Gasteiger charge is 2.19. The fourth-order valence-electron chi connectivity index (χ4n) is 3.36. The lowest BCUT2D eigenvalue weighted by atomic mass is 9.96.